The largest absolute Gasteiger partial charge is 0.395 e. The van der Waals surface area contributed by atoms with Crippen LogP contribution in [0.2, 0.25) is 0 Å². The zero-order valence-corrected chi connectivity index (χ0v) is 12.9. The maximum absolute atomic E-state index is 8.92. The average molecular weight is 327 g/mol. The summed E-state index contributed by atoms with van der Waals surface area (Å²) in [6.07, 6.45) is 2.48. The summed E-state index contributed by atoms with van der Waals surface area (Å²) in [5, 5.41) is 12.5. The number of nitrogens with zero attached hydrogens (tertiary/aromatic N) is 1. The number of rotatable bonds is 6. The van der Waals surface area contributed by atoms with Crippen molar-refractivity contribution >= 4 is 15.9 Å². The molecule has 1 aliphatic rings. The highest BCUT2D eigenvalue weighted by atomic mass is 79.9. The second-order valence-corrected chi connectivity index (χ2v) is 6.09. The van der Waals surface area contributed by atoms with Crippen LogP contribution in [-0.2, 0) is 6.54 Å². The van der Waals surface area contributed by atoms with E-state index in [9.17, 15) is 0 Å². The molecule has 0 aromatic heterocycles. The topological polar surface area (TPSA) is 35.5 Å². The van der Waals surface area contributed by atoms with Crippen LogP contribution in [0.25, 0.3) is 0 Å². The van der Waals surface area contributed by atoms with Crippen molar-refractivity contribution in [1.29, 1.82) is 0 Å². The lowest BCUT2D eigenvalue weighted by atomic mass is 9.97. The van der Waals surface area contributed by atoms with Crippen LogP contribution in [0.15, 0.2) is 28.7 Å². The van der Waals surface area contributed by atoms with Gasteiger partial charge in [-0.1, -0.05) is 34.1 Å². The molecule has 2 rings (SSSR count). The number of aliphatic hydroxyl groups excluding tert-OH is 1. The van der Waals surface area contributed by atoms with Gasteiger partial charge in [-0.15, -0.1) is 0 Å². The van der Waals surface area contributed by atoms with Crippen LogP contribution in [0.1, 0.15) is 18.4 Å². The molecule has 0 bridgehead atoms. The van der Waals surface area contributed by atoms with Crippen LogP contribution in [-0.4, -0.2) is 42.8 Å². The second-order valence-electron chi connectivity index (χ2n) is 5.23. The van der Waals surface area contributed by atoms with Crippen molar-refractivity contribution in [2.45, 2.75) is 19.4 Å². The van der Waals surface area contributed by atoms with Gasteiger partial charge < -0.3 is 15.3 Å². The first-order valence-electron chi connectivity index (χ1n) is 7.07. The van der Waals surface area contributed by atoms with Gasteiger partial charge in [0.25, 0.3) is 0 Å². The smallest absolute Gasteiger partial charge is 0.0558 e. The van der Waals surface area contributed by atoms with Crippen molar-refractivity contribution in [1.82, 2.24) is 10.2 Å². The van der Waals surface area contributed by atoms with Gasteiger partial charge in [-0.25, -0.2) is 0 Å². The summed E-state index contributed by atoms with van der Waals surface area (Å²) < 4.78 is 1.18. The SMILES string of the molecule is OCCN1CCC(CNCc2ccccc2Br)CC1. The molecule has 0 spiro atoms. The van der Waals surface area contributed by atoms with Crippen molar-refractivity contribution in [3.63, 3.8) is 0 Å². The van der Waals surface area contributed by atoms with E-state index in [0.29, 0.717) is 0 Å². The Morgan fingerprint density at radius 1 is 1.26 bits per heavy atom. The number of β-amino-alcohol motifs (C(OH)–C–C–N with tert-alkyl or cyclic N) is 1. The van der Waals surface area contributed by atoms with Crippen LogP contribution in [0, 0.1) is 5.92 Å². The van der Waals surface area contributed by atoms with Gasteiger partial charge in [0.1, 0.15) is 0 Å². The molecule has 0 radical (unpaired) electrons. The van der Waals surface area contributed by atoms with Gasteiger partial charge in [0.2, 0.25) is 0 Å². The van der Waals surface area contributed by atoms with E-state index in [0.717, 1.165) is 38.6 Å². The lowest BCUT2D eigenvalue weighted by Crippen LogP contribution is -2.38. The number of nitrogens with one attached hydrogen (secondary N) is 1. The summed E-state index contributed by atoms with van der Waals surface area (Å²) >= 11 is 3.58. The van der Waals surface area contributed by atoms with E-state index in [2.05, 4.69) is 44.3 Å². The molecule has 0 atom stereocenters. The second kappa shape index (κ2) is 8.00. The summed E-state index contributed by atoms with van der Waals surface area (Å²) in [6, 6.07) is 8.37. The van der Waals surface area contributed by atoms with Gasteiger partial charge >= 0.3 is 0 Å². The molecule has 1 heterocycles. The van der Waals surface area contributed by atoms with E-state index in [-0.39, 0.29) is 6.61 Å². The monoisotopic (exact) mass is 326 g/mol. The van der Waals surface area contributed by atoms with Gasteiger partial charge in [-0.3, -0.25) is 0 Å². The molecular formula is C15H23BrN2O. The third-order valence-electron chi connectivity index (χ3n) is 3.83. The Morgan fingerprint density at radius 3 is 2.68 bits per heavy atom. The fourth-order valence-electron chi connectivity index (χ4n) is 2.61. The van der Waals surface area contributed by atoms with Crippen LogP contribution >= 0.6 is 15.9 Å². The molecule has 1 aromatic carbocycles. The van der Waals surface area contributed by atoms with Crippen molar-refractivity contribution in [2.24, 2.45) is 5.92 Å². The molecule has 106 valence electrons. The predicted molar refractivity (Wildman–Crippen MR) is 82.1 cm³/mol. The molecule has 4 heteroatoms. The van der Waals surface area contributed by atoms with Crippen LogP contribution in [0.4, 0.5) is 0 Å². The van der Waals surface area contributed by atoms with Crippen molar-refractivity contribution < 1.29 is 5.11 Å². The van der Waals surface area contributed by atoms with Crippen LogP contribution in [0.3, 0.4) is 0 Å². The molecule has 1 aromatic rings. The highest BCUT2D eigenvalue weighted by Gasteiger charge is 2.18. The number of halogens is 1. The minimum atomic E-state index is 0.283. The lowest BCUT2D eigenvalue weighted by Gasteiger charge is -2.31. The minimum absolute atomic E-state index is 0.283. The molecule has 0 aliphatic carbocycles. The van der Waals surface area contributed by atoms with Gasteiger partial charge in [0.15, 0.2) is 0 Å². The number of benzene rings is 1. The Kier molecular flexibility index (Phi) is 6.31. The molecular weight excluding hydrogens is 304 g/mol. The van der Waals surface area contributed by atoms with Crippen molar-refractivity contribution in [2.75, 3.05) is 32.8 Å². The van der Waals surface area contributed by atoms with Crippen molar-refractivity contribution in [3.05, 3.63) is 34.3 Å². The van der Waals surface area contributed by atoms with Crippen LogP contribution < -0.4 is 5.32 Å². The number of hydrogen-bond acceptors (Lipinski definition) is 3. The Balaban J connectivity index is 1.66. The first-order valence-corrected chi connectivity index (χ1v) is 7.86. The van der Waals surface area contributed by atoms with Crippen LogP contribution in [0.5, 0.6) is 0 Å². The minimum Gasteiger partial charge on any atom is -0.395 e. The van der Waals surface area contributed by atoms with E-state index in [4.69, 9.17) is 5.11 Å². The van der Waals surface area contributed by atoms with E-state index in [1.165, 1.54) is 22.9 Å². The van der Waals surface area contributed by atoms with E-state index < -0.39 is 0 Å². The number of piperidine rings is 1. The molecule has 1 saturated heterocycles. The summed E-state index contributed by atoms with van der Waals surface area (Å²) in [7, 11) is 0. The summed E-state index contributed by atoms with van der Waals surface area (Å²) in [5.41, 5.74) is 1.32. The maximum atomic E-state index is 8.92. The first kappa shape index (κ1) is 15.0. The normalized spacial score (nSPS) is 17.8. The number of hydrogen-bond donors (Lipinski definition) is 2. The quantitative estimate of drug-likeness (QED) is 0.841. The molecule has 1 aliphatic heterocycles. The predicted octanol–water partition coefficient (Wildman–Crippen LogP) is 2.24. The zero-order valence-electron chi connectivity index (χ0n) is 11.3. The molecule has 3 nitrogen and oxygen atoms in total. The third kappa shape index (κ3) is 4.88. The first-order chi connectivity index (χ1) is 9.29. The third-order valence-corrected chi connectivity index (χ3v) is 4.60. The number of likely N-dealkylation sites (tertiary alicyclic amines) is 1. The van der Waals surface area contributed by atoms with E-state index >= 15 is 0 Å². The van der Waals surface area contributed by atoms with Gasteiger partial charge in [0.05, 0.1) is 6.61 Å². The standard InChI is InChI=1S/C15H23BrN2O/c16-15-4-2-1-3-14(15)12-17-11-13-5-7-18(8-6-13)9-10-19/h1-4,13,17,19H,5-12H2. The Hall–Kier alpha value is -0.420. The number of aliphatic hydroxyl groups is 1. The molecule has 19 heavy (non-hydrogen) atoms. The summed E-state index contributed by atoms with van der Waals surface area (Å²) in [6.45, 7) is 5.39. The van der Waals surface area contributed by atoms with Gasteiger partial charge in [-0.2, -0.15) is 0 Å². The van der Waals surface area contributed by atoms with Gasteiger partial charge in [0, 0.05) is 17.6 Å². The molecule has 0 unspecified atom stereocenters. The average Bonchev–Trinajstić information content (AvgIpc) is 2.43. The fourth-order valence-corrected chi connectivity index (χ4v) is 3.03. The molecule has 0 amide bonds. The molecule has 0 saturated carbocycles. The van der Waals surface area contributed by atoms with E-state index in [1.807, 2.05) is 6.07 Å². The Morgan fingerprint density at radius 2 is 2.00 bits per heavy atom. The summed E-state index contributed by atoms with van der Waals surface area (Å²) in [5.74, 6) is 0.775. The Labute approximate surface area is 124 Å². The highest BCUT2D eigenvalue weighted by Crippen LogP contribution is 2.18. The molecule has 1 fully saturated rings. The zero-order chi connectivity index (χ0) is 13.5. The Bertz CT molecular complexity index is 378. The fraction of sp³-hybridized carbons (Fsp3) is 0.600. The molecule has 2 N–H and O–H groups in total. The highest BCUT2D eigenvalue weighted by molar-refractivity contribution is 9.10. The maximum Gasteiger partial charge on any atom is 0.0558 e. The lowest BCUT2D eigenvalue weighted by molar-refractivity contribution is 0.146. The summed E-state index contributed by atoms with van der Waals surface area (Å²) in [4.78, 5) is 2.35. The van der Waals surface area contributed by atoms with E-state index in [1.54, 1.807) is 0 Å². The van der Waals surface area contributed by atoms with Crippen molar-refractivity contribution in [3.8, 4) is 0 Å². The van der Waals surface area contributed by atoms with Gasteiger partial charge in [-0.05, 0) is 50.0 Å².